The molecule has 0 atom stereocenters. The molecule has 2 nitrogen and oxygen atoms in total. The Morgan fingerprint density at radius 2 is 2.17 bits per heavy atom. The van der Waals surface area contributed by atoms with Gasteiger partial charge in [-0.3, -0.25) is 4.98 Å². The Balaban J connectivity index is 1.89. The van der Waals surface area contributed by atoms with E-state index < -0.39 is 0 Å². The summed E-state index contributed by atoms with van der Waals surface area (Å²) in [6.07, 6.45) is 4.88. The first kappa shape index (κ1) is 10.9. The third kappa shape index (κ3) is 1.41. The average Bonchev–Trinajstić information content (AvgIpc) is 2.88. The van der Waals surface area contributed by atoms with Crippen LogP contribution in [0.4, 0.5) is 0 Å². The van der Waals surface area contributed by atoms with Crippen LogP contribution < -0.4 is 0 Å². The van der Waals surface area contributed by atoms with Crippen LogP contribution in [0.2, 0.25) is 0 Å². The molecule has 5 rings (SSSR count). The monoisotopic (exact) mass is 303 g/mol. The maximum atomic E-state index is 5.71. The van der Waals surface area contributed by atoms with Crippen molar-refractivity contribution >= 4 is 26.8 Å². The number of benzene rings is 1. The third-order valence-electron chi connectivity index (χ3n) is 4.34. The first-order valence-corrected chi connectivity index (χ1v) is 7.14. The smallest absolute Gasteiger partial charge is 0.0716 e. The van der Waals surface area contributed by atoms with Crippen LogP contribution in [0.1, 0.15) is 24.0 Å². The summed E-state index contributed by atoms with van der Waals surface area (Å²) < 4.78 is 6.84. The van der Waals surface area contributed by atoms with Gasteiger partial charge in [0.1, 0.15) is 0 Å². The number of pyridine rings is 1. The second-order valence-electron chi connectivity index (χ2n) is 5.66. The van der Waals surface area contributed by atoms with Crippen LogP contribution >= 0.6 is 15.9 Å². The van der Waals surface area contributed by atoms with Gasteiger partial charge in [-0.15, -0.1) is 0 Å². The van der Waals surface area contributed by atoms with Gasteiger partial charge in [-0.1, -0.05) is 15.9 Å². The minimum Gasteiger partial charge on any atom is -0.377 e. The molecule has 2 saturated heterocycles. The second kappa shape index (κ2) is 3.55. The van der Waals surface area contributed by atoms with Gasteiger partial charge in [-0.05, 0) is 49.1 Å². The van der Waals surface area contributed by atoms with E-state index in [1.54, 1.807) is 0 Å². The Morgan fingerprint density at radius 1 is 1.33 bits per heavy atom. The molecule has 0 radical (unpaired) electrons. The summed E-state index contributed by atoms with van der Waals surface area (Å²) in [5, 5.41) is 1.21. The molecular weight excluding hydrogens is 290 g/mol. The highest BCUT2D eigenvalue weighted by Gasteiger charge is 2.53. The van der Waals surface area contributed by atoms with E-state index in [9.17, 15) is 0 Å². The summed E-state index contributed by atoms with van der Waals surface area (Å²) in [5.41, 5.74) is 3.90. The maximum Gasteiger partial charge on any atom is 0.0716 e. The molecule has 92 valence electrons. The summed E-state index contributed by atoms with van der Waals surface area (Å²) in [6.45, 7) is 2.97. The maximum absolute atomic E-state index is 5.71. The number of rotatable bonds is 1. The SMILES string of the molecule is Cc1cc(Br)c2cc(C34COC(C3)C4)cnc2c1. The van der Waals surface area contributed by atoms with Gasteiger partial charge in [0, 0.05) is 21.5 Å². The molecule has 0 amide bonds. The summed E-state index contributed by atoms with van der Waals surface area (Å²) in [7, 11) is 0. The standard InChI is InChI=1S/C15H14BrNO/c1-9-2-13(16)12-4-10(7-17-14(12)3-9)15-5-11(6-15)18-8-15/h2-4,7,11H,5-6,8H2,1H3. The van der Waals surface area contributed by atoms with Crippen molar-refractivity contribution in [2.45, 2.75) is 31.3 Å². The first-order valence-electron chi connectivity index (χ1n) is 6.34. The van der Waals surface area contributed by atoms with E-state index in [1.807, 2.05) is 6.20 Å². The predicted octanol–water partition coefficient (Wildman–Crippen LogP) is 3.74. The zero-order chi connectivity index (χ0) is 12.3. The topological polar surface area (TPSA) is 22.1 Å². The van der Waals surface area contributed by atoms with Crippen molar-refractivity contribution in [3.05, 3.63) is 40.0 Å². The first-order chi connectivity index (χ1) is 8.66. The molecule has 2 aliphatic heterocycles. The summed E-state index contributed by atoms with van der Waals surface area (Å²) in [4.78, 5) is 4.63. The second-order valence-corrected chi connectivity index (χ2v) is 6.51. The van der Waals surface area contributed by atoms with Gasteiger partial charge >= 0.3 is 0 Å². The molecule has 3 fully saturated rings. The molecular formula is C15H14BrNO. The van der Waals surface area contributed by atoms with E-state index >= 15 is 0 Å². The largest absolute Gasteiger partial charge is 0.377 e. The Hall–Kier alpha value is -0.930. The van der Waals surface area contributed by atoms with Crippen molar-refractivity contribution in [2.24, 2.45) is 0 Å². The minimum atomic E-state index is 0.260. The molecule has 1 aromatic carbocycles. The number of hydrogen-bond acceptors (Lipinski definition) is 2. The van der Waals surface area contributed by atoms with Crippen molar-refractivity contribution in [1.82, 2.24) is 4.98 Å². The fourth-order valence-electron chi connectivity index (χ4n) is 3.25. The molecule has 3 heteroatoms. The molecule has 1 saturated carbocycles. The van der Waals surface area contributed by atoms with E-state index in [-0.39, 0.29) is 5.41 Å². The fourth-order valence-corrected chi connectivity index (χ4v) is 3.93. The highest BCUT2D eigenvalue weighted by molar-refractivity contribution is 9.10. The number of nitrogens with zero attached hydrogens (tertiary/aromatic N) is 1. The molecule has 0 N–H and O–H groups in total. The van der Waals surface area contributed by atoms with Gasteiger partial charge in [0.15, 0.2) is 0 Å². The van der Waals surface area contributed by atoms with Crippen LogP contribution in [-0.2, 0) is 10.2 Å². The summed E-state index contributed by atoms with van der Waals surface area (Å²) >= 11 is 3.65. The zero-order valence-electron chi connectivity index (χ0n) is 10.2. The Labute approximate surface area is 114 Å². The number of hydrogen-bond donors (Lipinski definition) is 0. The molecule has 2 aromatic rings. The van der Waals surface area contributed by atoms with Gasteiger partial charge in [-0.2, -0.15) is 0 Å². The lowest BCUT2D eigenvalue weighted by atomic mass is 9.66. The van der Waals surface area contributed by atoms with E-state index in [2.05, 4.69) is 46.0 Å². The van der Waals surface area contributed by atoms with Gasteiger partial charge < -0.3 is 4.74 Å². The van der Waals surface area contributed by atoms with Crippen LogP contribution in [-0.4, -0.2) is 17.7 Å². The molecule has 3 aliphatic rings. The Morgan fingerprint density at radius 3 is 2.89 bits per heavy atom. The van der Waals surface area contributed by atoms with Crippen molar-refractivity contribution < 1.29 is 4.74 Å². The minimum absolute atomic E-state index is 0.260. The van der Waals surface area contributed by atoms with Gasteiger partial charge in [0.2, 0.25) is 0 Å². The molecule has 0 spiro atoms. The summed E-state index contributed by atoms with van der Waals surface area (Å²) in [5.74, 6) is 0. The lowest BCUT2D eigenvalue weighted by molar-refractivity contribution is 0.123. The van der Waals surface area contributed by atoms with Gasteiger partial charge in [-0.25, -0.2) is 0 Å². The van der Waals surface area contributed by atoms with Crippen molar-refractivity contribution in [3.63, 3.8) is 0 Å². The Kier molecular flexibility index (Phi) is 2.16. The average molecular weight is 304 g/mol. The van der Waals surface area contributed by atoms with Crippen LogP contribution in [0.3, 0.4) is 0 Å². The van der Waals surface area contributed by atoms with Crippen molar-refractivity contribution in [3.8, 4) is 0 Å². The third-order valence-corrected chi connectivity index (χ3v) is 5.00. The normalized spacial score (nSPS) is 29.6. The van der Waals surface area contributed by atoms with E-state index in [4.69, 9.17) is 4.74 Å². The molecule has 0 unspecified atom stereocenters. The molecule has 18 heavy (non-hydrogen) atoms. The lowest BCUT2D eigenvalue weighted by Crippen LogP contribution is -2.37. The Bertz CT molecular complexity index is 641. The van der Waals surface area contributed by atoms with Crippen LogP contribution in [0.25, 0.3) is 10.9 Å². The zero-order valence-corrected chi connectivity index (χ0v) is 11.8. The van der Waals surface area contributed by atoms with Crippen LogP contribution in [0.5, 0.6) is 0 Å². The molecule has 1 aliphatic carbocycles. The highest BCUT2D eigenvalue weighted by atomic mass is 79.9. The highest BCUT2D eigenvalue weighted by Crippen LogP contribution is 2.52. The van der Waals surface area contributed by atoms with Crippen LogP contribution in [0.15, 0.2) is 28.9 Å². The number of halogens is 1. The van der Waals surface area contributed by atoms with E-state index in [1.165, 1.54) is 29.4 Å². The van der Waals surface area contributed by atoms with Crippen molar-refractivity contribution in [1.29, 1.82) is 0 Å². The van der Waals surface area contributed by atoms with Crippen LogP contribution in [0, 0.1) is 6.92 Å². The molecule has 2 bridgehead atoms. The lowest BCUT2D eigenvalue weighted by Gasteiger charge is -2.35. The molecule has 1 aromatic heterocycles. The number of fused-ring (bicyclic) bond motifs is 2. The fraction of sp³-hybridized carbons (Fsp3) is 0.400. The number of aromatic nitrogens is 1. The van der Waals surface area contributed by atoms with E-state index in [0.717, 1.165) is 16.6 Å². The van der Waals surface area contributed by atoms with Gasteiger partial charge in [0.25, 0.3) is 0 Å². The van der Waals surface area contributed by atoms with Crippen molar-refractivity contribution in [2.75, 3.05) is 6.61 Å². The summed E-state index contributed by atoms with van der Waals surface area (Å²) in [6, 6.07) is 6.58. The quantitative estimate of drug-likeness (QED) is 0.801. The van der Waals surface area contributed by atoms with E-state index in [0.29, 0.717) is 6.10 Å². The number of ether oxygens (including phenoxy) is 1. The molecule has 3 heterocycles. The van der Waals surface area contributed by atoms with Gasteiger partial charge in [0.05, 0.1) is 18.2 Å². The predicted molar refractivity (Wildman–Crippen MR) is 74.8 cm³/mol. The number of aryl methyl sites for hydroxylation is 1.